The molecule has 0 amide bonds. The first-order chi connectivity index (χ1) is 6.99. The first-order valence-corrected chi connectivity index (χ1v) is 4.93. The minimum atomic E-state index is 0.127. The summed E-state index contributed by atoms with van der Waals surface area (Å²) in [5, 5.41) is 9.59. The summed E-state index contributed by atoms with van der Waals surface area (Å²) in [6.45, 7) is 7.28. The van der Waals surface area contributed by atoms with Crippen molar-refractivity contribution in [2.24, 2.45) is 0 Å². The number of ketones is 1. The van der Waals surface area contributed by atoms with E-state index in [1.165, 1.54) is 0 Å². The summed E-state index contributed by atoms with van der Waals surface area (Å²) in [4.78, 5) is 11.0. The van der Waals surface area contributed by atoms with Crippen LogP contribution in [0.15, 0.2) is 30.4 Å². The molecule has 2 nitrogen and oxygen atoms in total. The Labute approximate surface area is 90.3 Å². The Balaban J connectivity index is 2.94. The number of phenolic OH excluding ortho intramolecular Hbond substituents is 1. The summed E-state index contributed by atoms with van der Waals surface area (Å²) in [5.41, 5.74) is 2.77. The highest BCUT2D eigenvalue weighted by Gasteiger charge is 2.04. The van der Waals surface area contributed by atoms with E-state index in [0.717, 1.165) is 16.7 Å². The van der Waals surface area contributed by atoms with Crippen LogP contribution < -0.4 is 0 Å². The van der Waals surface area contributed by atoms with Crippen LogP contribution in [0.2, 0.25) is 0 Å². The van der Waals surface area contributed by atoms with Gasteiger partial charge in [-0.25, -0.2) is 0 Å². The fourth-order valence-corrected chi connectivity index (χ4v) is 1.50. The minimum Gasteiger partial charge on any atom is -0.508 e. The molecule has 0 saturated carbocycles. The Hall–Kier alpha value is -1.57. The molecule has 1 aromatic carbocycles. The molecule has 0 radical (unpaired) electrons. The van der Waals surface area contributed by atoms with Crippen LogP contribution in [-0.2, 0) is 17.6 Å². The highest BCUT2D eigenvalue weighted by molar-refractivity contribution is 5.78. The fraction of sp³-hybridized carbons (Fsp3) is 0.308. The molecule has 0 bridgehead atoms. The van der Waals surface area contributed by atoms with Crippen molar-refractivity contribution in [3.8, 4) is 5.75 Å². The van der Waals surface area contributed by atoms with E-state index in [0.29, 0.717) is 12.8 Å². The lowest BCUT2D eigenvalue weighted by atomic mass is 10.0. The zero-order valence-electron chi connectivity index (χ0n) is 9.21. The number of allylic oxidation sites excluding steroid dienone is 1. The molecule has 0 heterocycles. The van der Waals surface area contributed by atoms with Gasteiger partial charge in [-0.15, -0.1) is 0 Å². The smallest absolute Gasteiger partial charge is 0.134 e. The Morgan fingerprint density at radius 3 is 2.53 bits per heavy atom. The predicted octanol–water partition coefficient (Wildman–Crippen LogP) is 2.64. The molecule has 1 aromatic rings. The van der Waals surface area contributed by atoms with Crippen LogP contribution >= 0.6 is 0 Å². The molecule has 0 spiro atoms. The van der Waals surface area contributed by atoms with Crippen molar-refractivity contribution in [1.29, 1.82) is 0 Å². The van der Waals surface area contributed by atoms with Gasteiger partial charge >= 0.3 is 0 Å². The number of aromatic hydroxyl groups is 1. The largest absolute Gasteiger partial charge is 0.508 e. The van der Waals surface area contributed by atoms with Gasteiger partial charge < -0.3 is 5.11 Å². The second-order valence-electron chi connectivity index (χ2n) is 3.98. The van der Waals surface area contributed by atoms with E-state index in [-0.39, 0.29) is 11.5 Å². The summed E-state index contributed by atoms with van der Waals surface area (Å²) in [6, 6.07) is 5.28. The number of phenols is 1. The molecule has 0 atom stereocenters. The Kier molecular flexibility index (Phi) is 3.67. The molecule has 1 N–H and O–H groups in total. The zero-order chi connectivity index (χ0) is 11.4. The molecular formula is C13H16O2. The molecule has 15 heavy (non-hydrogen) atoms. The number of rotatable bonds is 4. The molecule has 0 saturated heterocycles. The standard InChI is InChI=1S/C13H16O2/c1-9(2)6-12-8-11(7-10(3)14)4-5-13(12)15/h4-5,8,15H,1,6-7H2,2-3H3. The topological polar surface area (TPSA) is 37.3 Å². The van der Waals surface area contributed by atoms with E-state index in [1.807, 2.05) is 13.0 Å². The summed E-state index contributed by atoms with van der Waals surface area (Å²) >= 11 is 0. The van der Waals surface area contributed by atoms with Crippen molar-refractivity contribution < 1.29 is 9.90 Å². The van der Waals surface area contributed by atoms with Gasteiger partial charge in [-0.05, 0) is 37.5 Å². The monoisotopic (exact) mass is 204 g/mol. The Bertz CT molecular complexity index is 392. The van der Waals surface area contributed by atoms with Gasteiger partial charge in [0, 0.05) is 6.42 Å². The van der Waals surface area contributed by atoms with E-state index >= 15 is 0 Å². The number of carbonyl (C=O) groups is 1. The van der Waals surface area contributed by atoms with Crippen LogP contribution in [0.4, 0.5) is 0 Å². The van der Waals surface area contributed by atoms with Gasteiger partial charge in [-0.3, -0.25) is 4.79 Å². The fourth-order valence-electron chi connectivity index (χ4n) is 1.50. The first kappa shape index (κ1) is 11.5. The summed E-state index contributed by atoms with van der Waals surface area (Å²) in [7, 11) is 0. The van der Waals surface area contributed by atoms with Gasteiger partial charge in [0.25, 0.3) is 0 Å². The second kappa shape index (κ2) is 4.78. The normalized spacial score (nSPS) is 10.0. The van der Waals surface area contributed by atoms with Crippen molar-refractivity contribution in [2.75, 3.05) is 0 Å². The van der Waals surface area contributed by atoms with Gasteiger partial charge in [0.2, 0.25) is 0 Å². The maximum Gasteiger partial charge on any atom is 0.134 e. The number of hydrogen-bond donors (Lipinski definition) is 1. The quantitative estimate of drug-likeness (QED) is 0.765. The molecule has 0 unspecified atom stereocenters. The summed E-state index contributed by atoms with van der Waals surface area (Å²) in [6.07, 6.45) is 1.07. The molecule has 1 rings (SSSR count). The third-order valence-corrected chi connectivity index (χ3v) is 2.09. The van der Waals surface area contributed by atoms with Gasteiger partial charge in [-0.2, -0.15) is 0 Å². The molecule has 0 aromatic heterocycles. The lowest BCUT2D eigenvalue weighted by molar-refractivity contribution is -0.116. The zero-order valence-corrected chi connectivity index (χ0v) is 9.21. The van der Waals surface area contributed by atoms with Gasteiger partial charge in [0.1, 0.15) is 11.5 Å². The van der Waals surface area contributed by atoms with Crippen molar-refractivity contribution in [1.82, 2.24) is 0 Å². The second-order valence-corrected chi connectivity index (χ2v) is 3.98. The Morgan fingerprint density at radius 1 is 1.33 bits per heavy atom. The number of carbonyl (C=O) groups excluding carboxylic acids is 1. The van der Waals surface area contributed by atoms with Crippen LogP contribution in [0.3, 0.4) is 0 Å². The maximum atomic E-state index is 11.0. The van der Waals surface area contributed by atoms with Crippen LogP contribution in [0.1, 0.15) is 25.0 Å². The van der Waals surface area contributed by atoms with Gasteiger partial charge in [0.05, 0.1) is 0 Å². The number of hydrogen-bond acceptors (Lipinski definition) is 2. The van der Waals surface area contributed by atoms with Crippen molar-refractivity contribution in [2.45, 2.75) is 26.7 Å². The molecule has 2 heteroatoms. The van der Waals surface area contributed by atoms with Gasteiger partial charge in [0.15, 0.2) is 0 Å². The van der Waals surface area contributed by atoms with Crippen molar-refractivity contribution in [3.63, 3.8) is 0 Å². The first-order valence-electron chi connectivity index (χ1n) is 4.93. The van der Waals surface area contributed by atoms with Crippen molar-refractivity contribution in [3.05, 3.63) is 41.5 Å². The molecule has 0 aliphatic rings. The van der Waals surface area contributed by atoms with Crippen LogP contribution in [-0.4, -0.2) is 10.9 Å². The lowest BCUT2D eigenvalue weighted by Crippen LogP contribution is -1.97. The van der Waals surface area contributed by atoms with E-state index in [9.17, 15) is 9.90 Å². The SMILES string of the molecule is C=C(C)Cc1cc(CC(C)=O)ccc1O. The van der Waals surface area contributed by atoms with E-state index in [1.54, 1.807) is 19.1 Å². The number of Topliss-reactive ketones (excluding diaryl/α,β-unsaturated/α-hetero) is 1. The third kappa shape index (κ3) is 3.58. The highest BCUT2D eigenvalue weighted by atomic mass is 16.3. The maximum absolute atomic E-state index is 11.0. The average Bonchev–Trinajstić information content (AvgIpc) is 2.09. The van der Waals surface area contributed by atoms with Crippen LogP contribution in [0.5, 0.6) is 5.75 Å². The van der Waals surface area contributed by atoms with Crippen molar-refractivity contribution >= 4 is 5.78 Å². The lowest BCUT2D eigenvalue weighted by Gasteiger charge is -2.06. The molecule has 80 valence electrons. The molecule has 0 aliphatic carbocycles. The highest BCUT2D eigenvalue weighted by Crippen LogP contribution is 2.21. The summed E-state index contributed by atoms with van der Waals surface area (Å²) < 4.78 is 0. The number of benzene rings is 1. The molecule has 0 aliphatic heterocycles. The van der Waals surface area contributed by atoms with Gasteiger partial charge in [-0.1, -0.05) is 24.3 Å². The van der Waals surface area contributed by atoms with Crippen LogP contribution in [0.25, 0.3) is 0 Å². The minimum absolute atomic E-state index is 0.127. The average molecular weight is 204 g/mol. The van der Waals surface area contributed by atoms with E-state index < -0.39 is 0 Å². The molecule has 0 fully saturated rings. The Morgan fingerprint density at radius 2 is 2.00 bits per heavy atom. The molecular weight excluding hydrogens is 188 g/mol. The third-order valence-electron chi connectivity index (χ3n) is 2.09. The predicted molar refractivity (Wildman–Crippen MR) is 61.0 cm³/mol. The van der Waals surface area contributed by atoms with E-state index in [2.05, 4.69) is 6.58 Å². The van der Waals surface area contributed by atoms with E-state index in [4.69, 9.17) is 0 Å². The summed E-state index contributed by atoms with van der Waals surface area (Å²) in [5.74, 6) is 0.396. The van der Waals surface area contributed by atoms with Crippen LogP contribution in [0, 0.1) is 0 Å².